The molecule has 0 radical (unpaired) electrons. The zero-order valence-electron chi connectivity index (χ0n) is 10.8. The number of hydrogen-bond acceptors (Lipinski definition) is 3. The molecule has 0 aromatic heterocycles. The third-order valence-electron chi connectivity index (χ3n) is 2.87. The molecule has 20 heavy (non-hydrogen) atoms. The minimum atomic E-state index is -0.358. The SMILES string of the molecule is Cc1ccc(C#N)cc1NC(=O)c1cc(Cl)ccc1N. The lowest BCUT2D eigenvalue weighted by molar-refractivity contribution is 0.102. The van der Waals surface area contributed by atoms with E-state index < -0.39 is 0 Å². The van der Waals surface area contributed by atoms with Gasteiger partial charge in [-0.1, -0.05) is 17.7 Å². The fourth-order valence-electron chi connectivity index (χ4n) is 1.74. The number of aryl methyl sites for hydroxylation is 1. The van der Waals surface area contributed by atoms with Crippen molar-refractivity contribution in [3.8, 4) is 6.07 Å². The van der Waals surface area contributed by atoms with E-state index in [1.54, 1.807) is 30.3 Å². The summed E-state index contributed by atoms with van der Waals surface area (Å²) < 4.78 is 0. The zero-order chi connectivity index (χ0) is 14.7. The van der Waals surface area contributed by atoms with Gasteiger partial charge in [0, 0.05) is 16.4 Å². The molecule has 2 aromatic carbocycles. The van der Waals surface area contributed by atoms with E-state index in [4.69, 9.17) is 22.6 Å². The summed E-state index contributed by atoms with van der Waals surface area (Å²) in [6, 6.07) is 11.8. The number of benzene rings is 2. The highest BCUT2D eigenvalue weighted by Crippen LogP contribution is 2.21. The van der Waals surface area contributed by atoms with Gasteiger partial charge < -0.3 is 11.1 Å². The van der Waals surface area contributed by atoms with Crippen LogP contribution in [0.3, 0.4) is 0 Å². The van der Waals surface area contributed by atoms with Crippen molar-refractivity contribution >= 4 is 28.9 Å². The van der Waals surface area contributed by atoms with Gasteiger partial charge in [0.1, 0.15) is 0 Å². The van der Waals surface area contributed by atoms with E-state index in [9.17, 15) is 4.79 Å². The molecule has 0 saturated heterocycles. The number of anilines is 2. The van der Waals surface area contributed by atoms with Crippen LogP contribution in [0.25, 0.3) is 0 Å². The standard InChI is InChI=1S/C15H12ClN3O/c1-9-2-3-10(8-17)6-14(9)19-15(20)12-7-11(16)4-5-13(12)18/h2-7H,18H2,1H3,(H,19,20). The lowest BCUT2D eigenvalue weighted by atomic mass is 10.1. The molecule has 0 aliphatic carbocycles. The number of rotatable bonds is 2. The highest BCUT2D eigenvalue weighted by Gasteiger charge is 2.12. The fraction of sp³-hybridized carbons (Fsp3) is 0.0667. The van der Waals surface area contributed by atoms with Crippen molar-refractivity contribution in [3.63, 3.8) is 0 Å². The molecule has 0 unspecified atom stereocenters. The maximum Gasteiger partial charge on any atom is 0.257 e. The van der Waals surface area contributed by atoms with Gasteiger partial charge >= 0.3 is 0 Å². The summed E-state index contributed by atoms with van der Waals surface area (Å²) in [6.07, 6.45) is 0. The number of halogens is 1. The summed E-state index contributed by atoms with van der Waals surface area (Å²) in [5, 5.41) is 12.1. The molecule has 0 saturated carbocycles. The van der Waals surface area contributed by atoms with E-state index >= 15 is 0 Å². The smallest absolute Gasteiger partial charge is 0.257 e. The zero-order valence-corrected chi connectivity index (χ0v) is 11.5. The molecular weight excluding hydrogens is 274 g/mol. The Morgan fingerprint density at radius 3 is 2.75 bits per heavy atom. The molecule has 3 N–H and O–H groups in total. The van der Waals surface area contributed by atoms with E-state index in [0.717, 1.165) is 5.56 Å². The van der Waals surface area contributed by atoms with Crippen molar-refractivity contribution < 1.29 is 4.79 Å². The number of carbonyl (C=O) groups is 1. The highest BCUT2D eigenvalue weighted by atomic mass is 35.5. The molecule has 0 aliphatic rings. The van der Waals surface area contributed by atoms with E-state index in [1.807, 2.05) is 13.0 Å². The van der Waals surface area contributed by atoms with Gasteiger partial charge in [-0.2, -0.15) is 5.26 Å². The second kappa shape index (κ2) is 5.64. The van der Waals surface area contributed by atoms with Gasteiger partial charge in [-0.05, 0) is 42.8 Å². The van der Waals surface area contributed by atoms with Crippen molar-refractivity contribution in [2.24, 2.45) is 0 Å². The number of hydrogen-bond donors (Lipinski definition) is 2. The molecule has 2 aromatic rings. The first kappa shape index (κ1) is 13.9. The number of amides is 1. The minimum absolute atomic E-state index is 0.305. The van der Waals surface area contributed by atoms with Crippen LogP contribution in [0.1, 0.15) is 21.5 Å². The van der Waals surface area contributed by atoms with Crippen LogP contribution in [0.15, 0.2) is 36.4 Å². The minimum Gasteiger partial charge on any atom is -0.398 e. The van der Waals surface area contributed by atoms with Gasteiger partial charge in [0.05, 0.1) is 17.2 Å². The monoisotopic (exact) mass is 285 g/mol. The normalized spacial score (nSPS) is 9.85. The average molecular weight is 286 g/mol. The van der Waals surface area contributed by atoms with Gasteiger partial charge in [-0.3, -0.25) is 4.79 Å². The van der Waals surface area contributed by atoms with Crippen molar-refractivity contribution in [1.82, 2.24) is 0 Å². The van der Waals surface area contributed by atoms with Gasteiger partial charge in [0.2, 0.25) is 0 Å². The molecule has 0 aliphatic heterocycles. The van der Waals surface area contributed by atoms with Crippen molar-refractivity contribution in [3.05, 3.63) is 58.1 Å². The topological polar surface area (TPSA) is 78.9 Å². The fourth-order valence-corrected chi connectivity index (χ4v) is 1.91. The quantitative estimate of drug-likeness (QED) is 0.831. The second-order valence-corrected chi connectivity index (χ2v) is 4.76. The van der Waals surface area contributed by atoms with Crippen molar-refractivity contribution in [2.45, 2.75) is 6.92 Å². The van der Waals surface area contributed by atoms with Crippen LogP contribution in [-0.2, 0) is 0 Å². The molecule has 5 heteroatoms. The molecule has 0 atom stereocenters. The summed E-state index contributed by atoms with van der Waals surface area (Å²) in [5.74, 6) is -0.358. The second-order valence-electron chi connectivity index (χ2n) is 4.33. The maximum absolute atomic E-state index is 12.2. The van der Waals surface area contributed by atoms with E-state index in [0.29, 0.717) is 27.5 Å². The van der Waals surface area contributed by atoms with Crippen LogP contribution < -0.4 is 11.1 Å². The Bertz CT molecular complexity index is 720. The molecule has 4 nitrogen and oxygen atoms in total. The highest BCUT2D eigenvalue weighted by molar-refractivity contribution is 6.31. The van der Waals surface area contributed by atoms with Gasteiger partial charge in [-0.15, -0.1) is 0 Å². The summed E-state index contributed by atoms with van der Waals surface area (Å²) in [5.41, 5.74) is 8.33. The van der Waals surface area contributed by atoms with E-state index in [2.05, 4.69) is 5.32 Å². The lowest BCUT2D eigenvalue weighted by Gasteiger charge is -2.10. The predicted molar refractivity (Wildman–Crippen MR) is 79.7 cm³/mol. The van der Waals surface area contributed by atoms with Crippen molar-refractivity contribution in [1.29, 1.82) is 5.26 Å². The Morgan fingerprint density at radius 2 is 2.05 bits per heavy atom. The van der Waals surface area contributed by atoms with Crippen LogP contribution in [-0.4, -0.2) is 5.91 Å². The van der Waals surface area contributed by atoms with E-state index in [-0.39, 0.29) is 5.91 Å². The molecule has 0 spiro atoms. The lowest BCUT2D eigenvalue weighted by Crippen LogP contribution is -2.14. The first-order valence-corrected chi connectivity index (χ1v) is 6.26. The Kier molecular flexibility index (Phi) is 3.92. The molecule has 0 heterocycles. The average Bonchev–Trinajstić information content (AvgIpc) is 2.43. The summed E-state index contributed by atoms with van der Waals surface area (Å²) in [6.45, 7) is 1.85. The molecule has 1 amide bonds. The number of nitriles is 1. The Morgan fingerprint density at radius 1 is 1.30 bits per heavy atom. The first-order chi connectivity index (χ1) is 9.51. The summed E-state index contributed by atoms with van der Waals surface area (Å²) in [7, 11) is 0. The largest absolute Gasteiger partial charge is 0.398 e. The third kappa shape index (κ3) is 2.90. The number of nitrogens with zero attached hydrogens (tertiary/aromatic N) is 1. The maximum atomic E-state index is 12.2. The van der Waals surface area contributed by atoms with Crippen molar-refractivity contribution in [2.75, 3.05) is 11.1 Å². The summed E-state index contributed by atoms with van der Waals surface area (Å²) >= 11 is 5.86. The Hall–Kier alpha value is -2.51. The predicted octanol–water partition coefficient (Wildman–Crippen LogP) is 3.35. The van der Waals surface area contributed by atoms with Crippen LogP contribution in [0, 0.1) is 18.3 Å². The molecular formula is C15H12ClN3O. The van der Waals surface area contributed by atoms with Gasteiger partial charge in [-0.25, -0.2) is 0 Å². The molecule has 0 bridgehead atoms. The van der Waals surface area contributed by atoms with Crippen LogP contribution in [0.5, 0.6) is 0 Å². The molecule has 0 fully saturated rings. The number of carbonyl (C=O) groups excluding carboxylic acids is 1. The van der Waals surface area contributed by atoms with Crippen LogP contribution in [0.2, 0.25) is 5.02 Å². The third-order valence-corrected chi connectivity index (χ3v) is 3.11. The number of nitrogens with one attached hydrogen (secondary N) is 1. The van der Waals surface area contributed by atoms with Gasteiger partial charge in [0.25, 0.3) is 5.91 Å². The van der Waals surface area contributed by atoms with Gasteiger partial charge in [0.15, 0.2) is 0 Å². The van der Waals surface area contributed by atoms with Crippen LogP contribution >= 0.6 is 11.6 Å². The molecule has 2 rings (SSSR count). The molecule has 100 valence electrons. The Balaban J connectivity index is 2.33. The summed E-state index contributed by atoms with van der Waals surface area (Å²) in [4.78, 5) is 12.2. The Labute approximate surface area is 121 Å². The number of nitrogen functional groups attached to an aromatic ring is 1. The first-order valence-electron chi connectivity index (χ1n) is 5.88. The number of nitrogens with two attached hydrogens (primary N) is 1. The van der Waals surface area contributed by atoms with E-state index in [1.165, 1.54) is 6.07 Å². The van der Waals surface area contributed by atoms with Crippen LogP contribution in [0.4, 0.5) is 11.4 Å².